The zero-order valence-corrected chi connectivity index (χ0v) is 12.3. The molecule has 0 unspecified atom stereocenters. The van der Waals surface area contributed by atoms with Gasteiger partial charge in [0.05, 0.1) is 18.8 Å². The van der Waals surface area contributed by atoms with Gasteiger partial charge in [-0.15, -0.1) is 5.10 Å². The first-order valence-corrected chi connectivity index (χ1v) is 6.79. The lowest BCUT2D eigenvalue weighted by atomic mass is 10.2. The van der Waals surface area contributed by atoms with Crippen molar-refractivity contribution in [3.8, 4) is 0 Å². The molecule has 0 spiro atoms. The number of carbonyl (C=O) groups excluding carboxylic acids is 1. The van der Waals surface area contributed by atoms with Crippen LogP contribution in [0.3, 0.4) is 0 Å². The number of hydrogen-bond donors (Lipinski definition) is 0. The molecule has 0 radical (unpaired) electrons. The summed E-state index contributed by atoms with van der Waals surface area (Å²) in [6, 6.07) is 6.24. The van der Waals surface area contributed by atoms with E-state index in [0.717, 1.165) is 5.56 Å². The Morgan fingerprint density at radius 1 is 1.43 bits per heavy atom. The molecule has 1 aromatic carbocycles. The van der Waals surface area contributed by atoms with E-state index in [-0.39, 0.29) is 17.4 Å². The van der Waals surface area contributed by atoms with Crippen molar-refractivity contribution in [1.82, 2.24) is 15.0 Å². The molecule has 21 heavy (non-hydrogen) atoms. The molecule has 112 valence electrons. The molecule has 0 saturated heterocycles. The smallest absolute Gasteiger partial charge is 0.360 e. The largest absolute Gasteiger partial charge is 0.461 e. The first-order valence-electron chi connectivity index (χ1n) is 6.79. The minimum absolute atomic E-state index is 0.201. The number of carbonyl (C=O) groups is 1. The summed E-state index contributed by atoms with van der Waals surface area (Å²) in [5.74, 6) is -0.523. The van der Waals surface area contributed by atoms with Crippen molar-refractivity contribution in [3.63, 3.8) is 0 Å². The Kier molecular flexibility index (Phi) is 4.67. The highest BCUT2D eigenvalue weighted by Crippen LogP contribution is 2.10. The second kappa shape index (κ2) is 6.47. The minimum Gasteiger partial charge on any atom is -0.461 e. The Balaban J connectivity index is 2.11. The van der Waals surface area contributed by atoms with E-state index < -0.39 is 5.97 Å². The van der Waals surface area contributed by atoms with Gasteiger partial charge in [0.1, 0.15) is 5.82 Å². The number of esters is 1. The molecule has 0 saturated carbocycles. The molecule has 1 aromatic heterocycles. The van der Waals surface area contributed by atoms with Crippen molar-refractivity contribution in [2.45, 2.75) is 27.3 Å². The fourth-order valence-corrected chi connectivity index (χ4v) is 1.82. The normalized spacial score (nSPS) is 10.9. The number of aromatic nitrogens is 3. The predicted molar refractivity (Wildman–Crippen MR) is 75.4 cm³/mol. The highest BCUT2D eigenvalue weighted by molar-refractivity contribution is 5.88. The first-order chi connectivity index (χ1) is 9.97. The summed E-state index contributed by atoms with van der Waals surface area (Å²) in [7, 11) is 0. The van der Waals surface area contributed by atoms with Crippen LogP contribution >= 0.6 is 0 Å². The van der Waals surface area contributed by atoms with Gasteiger partial charge in [0, 0.05) is 0 Å². The fraction of sp³-hybridized carbons (Fsp3) is 0.400. The molecule has 2 rings (SSSR count). The third-order valence-electron chi connectivity index (χ3n) is 2.95. The maximum Gasteiger partial charge on any atom is 0.360 e. The number of halogens is 1. The Hall–Kier alpha value is -2.24. The number of hydrogen-bond acceptors (Lipinski definition) is 4. The Bertz CT molecular complexity index is 638. The SMILES string of the molecule is Cc1c(C(=O)OCC(C)C)nnn1Cc1cccc(F)c1. The van der Waals surface area contributed by atoms with E-state index in [4.69, 9.17) is 4.74 Å². The number of nitrogens with zero attached hydrogens (tertiary/aromatic N) is 3. The molecule has 0 fully saturated rings. The van der Waals surface area contributed by atoms with Gasteiger partial charge in [-0.05, 0) is 30.5 Å². The summed E-state index contributed by atoms with van der Waals surface area (Å²) in [5, 5.41) is 7.79. The van der Waals surface area contributed by atoms with Gasteiger partial charge in [-0.2, -0.15) is 0 Å². The van der Waals surface area contributed by atoms with Gasteiger partial charge >= 0.3 is 5.97 Å². The van der Waals surface area contributed by atoms with Crippen molar-refractivity contribution < 1.29 is 13.9 Å². The van der Waals surface area contributed by atoms with E-state index in [2.05, 4.69) is 10.3 Å². The van der Waals surface area contributed by atoms with Gasteiger partial charge in [0.2, 0.25) is 0 Å². The average Bonchev–Trinajstić information content (AvgIpc) is 2.78. The van der Waals surface area contributed by atoms with Gasteiger partial charge in [-0.25, -0.2) is 13.9 Å². The predicted octanol–water partition coefficient (Wildman–Crippen LogP) is 2.59. The number of benzene rings is 1. The molecule has 1 heterocycles. The fourth-order valence-electron chi connectivity index (χ4n) is 1.82. The van der Waals surface area contributed by atoms with Crippen LogP contribution in [0, 0.1) is 18.7 Å². The van der Waals surface area contributed by atoms with E-state index in [0.29, 0.717) is 18.8 Å². The van der Waals surface area contributed by atoms with Gasteiger partial charge in [0.15, 0.2) is 5.69 Å². The molecule has 0 aliphatic rings. The van der Waals surface area contributed by atoms with Crippen LogP contribution in [0.4, 0.5) is 4.39 Å². The second-order valence-corrected chi connectivity index (χ2v) is 5.30. The van der Waals surface area contributed by atoms with E-state index in [1.807, 2.05) is 13.8 Å². The zero-order chi connectivity index (χ0) is 15.4. The zero-order valence-electron chi connectivity index (χ0n) is 12.3. The van der Waals surface area contributed by atoms with Crippen LogP contribution in [0.1, 0.15) is 35.6 Å². The quantitative estimate of drug-likeness (QED) is 0.795. The molecule has 0 aliphatic heterocycles. The molecule has 5 nitrogen and oxygen atoms in total. The van der Waals surface area contributed by atoms with E-state index in [1.54, 1.807) is 23.7 Å². The van der Waals surface area contributed by atoms with Crippen LogP contribution in [0.5, 0.6) is 0 Å². The van der Waals surface area contributed by atoms with Gasteiger partial charge < -0.3 is 4.74 Å². The van der Waals surface area contributed by atoms with E-state index >= 15 is 0 Å². The lowest BCUT2D eigenvalue weighted by molar-refractivity contribution is 0.0451. The van der Waals surface area contributed by atoms with Crippen LogP contribution in [0.15, 0.2) is 24.3 Å². The Morgan fingerprint density at radius 2 is 2.19 bits per heavy atom. The van der Waals surface area contributed by atoms with Gasteiger partial charge in [0.25, 0.3) is 0 Å². The van der Waals surface area contributed by atoms with Crippen molar-refractivity contribution in [1.29, 1.82) is 0 Å². The van der Waals surface area contributed by atoms with Crippen molar-refractivity contribution in [2.24, 2.45) is 5.92 Å². The first kappa shape index (κ1) is 15.2. The van der Waals surface area contributed by atoms with Crippen molar-refractivity contribution in [2.75, 3.05) is 6.61 Å². The maximum absolute atomic E-state index is 13.2. The summed E-state index contributed by atoms with van der Waals surface area (Å²) in [6.45, 7) is 6.36. The van der Waals surface area contributed by atoms with Crippen LogP contribution in [0.2, 0.25) is 0 Å². The summed E-state index contributed by atoms with van der Waals surface area (Å²) in [5.41, 5.74) is 1.56. The topological polar surface area (TPSA) is 57.0 Å². The highest BCUT2D eigenvalue weighted by atomic mass is 19.1. The van der Waals surface area contributed by atoms with Crippen molar-refractivity contribution >= 4 is 5.97 Å². The number of rotatable bonds is 5. The summed E-state index contributed by atoms with van der Waals surface area (Å²) in [4.78, 5) is 11.9. The summed E-state index contributed by atoms with van der Waals surface area (Å²) in [6.07, 6.45) is 0. The molecule has 0 N–H and O–H groups in total. The standard InChI is InChI=1S/C15H18FN3O2/c1-10(2)9-21-15(20)14-11(3)19(18-17-14)8-12-5-4-6-13(16)7-12/h4-7,10H,8-9H2,1-3H3. The average molecular weight is 291 g/mol. The minimum atomic E-state index is -0.480. The molecule has 6 heteroatoms. The molecule has 0 bridgehead atoms. The van der Waals surface area contributed by atoms with E-state index in [9.17, 15) is 9.18 Å². The van der Waals surface area contributed by atoms with E-state index in [1.165, 1.54) is 12.1 Å². The summed E-state index contributed by atoms with van der Waals surface area (Å²) < 4.78 is 19.9. The second-order valence-electron chi connectivity index (χ2n) is 5.30. The third kappa shape index (κ3) is 3.87. The molecule has 0 amide bonds. The molecule has 0 aliphatic carbocycles. The Labute approximate surface area is 122 Å². The maximum atomic E-state index is 13.2. The van der Waals surface area contributed by atoms with Crippen LogP contribution in [-0.4, -0.2) is 27.6 Å². The molecular weight excluding hydrogens is 273 g/mol. The van der Waals surface area contributed by atoms with Gasteiger partial charge in [-0.3, -0.25) is 0 Å². The van der Waals surface area contributed by atoms with Crippen LogP contribution in [-0.2, 0) is 11.3 Å². The molecule has 0 atom stereocenters. The summed E-state index contributed by atoms with van der Waals surface area (Å²) >= 11 is 0. The molecular formula is C15H18FN3O2. The molecule has 2 aromatic rings. The monoisotopic (exact) mass is 291 g/mol. The van der Waals surface area contributed by atoms with Crippen LogP contribution < -0.4 is 0 Å². The third-order valence-corrected chi connectivity index (χ3v) is 2.95. The Morgan fingerprint density at radius 3 is 2.86 bits per heavy atom. The van der Waals surface area contributed by atoms with Gasteiger partial charge in [-0.1, -0.05) is 31.2 Å². The van der Waals surface area contributed by atoms with Crippen molar-refractivity contribution in [3.05, 3.63) is 47.0 Å². The van der Waals surface area contributed by atoms with Crippen LogP contribution in [0.25, 0.3) is 0 Å². The number of ether oxygens (including phenoxy) is 1. The highest BCUT2D eigenvalue weighted by Gasteiger charge is 2.18. The lowest BCUT2D eigenvalue weighted by Gasteiger charge is -2.06. The lowest BCUT2D eigenvalue weighted by Crippen LogP contribution is -2.12.